The van der Waals surface area contributed by atoms with Gasteiger partial charge in [0.15, 0.2) is 0 Å². The van der Waals surface area contributed by atoms with Crippen molar-refractivity contribution in [3.8, 4) is 0 Å². The van der Waals surface area contributed by atoms with Crippen LogP contribution in [0.2, 0.25) is 0 Å². The van der Waals surface area contributed by atoms with Crippen molar-refractivity contribution in [2.45, 2.75) is 25.9 Å². The standard InChI is InChI=1S/C22H29N3O4S/c1-18(22(27)23-15-14-19-10-6-4-7-11-19)25(16-20-12-8-5-9-13-20)21(26)17-24(2)30(3,28)29/h4-13,18H,14-17H2,1-3H3,(H,23,27)/t18-/m0/s1. The Bertz CT molecular complexity index is 933. The lowest BCUT2D eigenvalue weighted by atomic mass is 10.1. The fourth-order valence-corrected chi connectivity index (χ4v) is 3.23. The maximum atomic E-state index is 12.9. The zero-order valence-corrected chi connectivity index (χ0v) is 18.4. The summed E-state index contributed by atoms with van der Waals surface area (Å²) in [6.07, 6.45) is 1.73. The van der Waals surface area contributed by atoms with E-state index in [2.05, 4.69) is 5.32 Å². The average molecular weight is 432 g/mol. The lowest BCUT2D eigenvalue weighted by molar-refractivity contribution is -0.140. The van der Waals surface area contributed by atoms with Gasteiger partial charge in [0.05, 0.1) is 12.8 Å². The third-order valence-corrected chi connectivity index (χ3v) is 6.10. The molecule has 0 saturated carbocycles. The number of nitrogens with zero attached hydrogens (tertiary/aromatic N) is 2. The molecule has 2 aromatic rings. The molecule has 0 aliphatic heterocycles. The Hall–Kier alpha value is -2.71. The number of hydrogen-bond acceptors (Lipinski definition) is 4. The summed E-state index contributed by atoms with van der Waals surface area (Å²) in [5.41, 5.74) is 1.97. The van der Waals surface area contributed by atoms with Crippen LogP contribution < -0.4 is 5.32 Å². The highest BCUT2D eigenvalue weighted by molar-refractivity contribution is 7.88. The number of carbonyl (C=O) groups is 2. The van der Waals surface area contributed by atoms with Crippen LogP contribution in [0.25, 0.3) is 0 Å². The number of benzene rings is 2. The van der Waals surface area contributed by atoms with Crippen LogP contribution in [0.1, 0.15) is 18.1 Å². The summed E-state index contributed by atoms with van der Waals surface area (Å²) in [5.74, 6) is -0.713. The second-order valence-electron chi connectivity index (χ2n) is 7.23. The van der Waals surface area contributed by atoms with E-state index in [1.807, 2.05) is 60.7 Å². The van der Waals surface area contributed by atoms with Gasteiger partial charge in [0.25, 0.3) is 0 Å². The highest BCUT2D eigenvalue weighted by Gasteiger charge is 2.28. The summed E-state index contributed by atoms with van der Waals surface area (Å²) in [7, 11) is -2.16. The average Bonchev–Trinajstić information content (AvgIpc) is 2.72. The molecule has 0 fully saturated rings. The molecule has 0 radical (unpaired) electrons. The van der Waals surface area contributed by atoms with E-state index in [0.717, 1.165) is 21.7 Å². The molecule has 162 valence electrons. The van der Waals surface area contributed by atoms with Crippen LogP contribution in [-0.2, 0) is 32.6 Å². The summed E-state index contributed by atoms with van der Waals surface area (Å²) < 4.78 is 24.4. The van der Waals surface area contributed by atoms with Crippen molar-refractivity contribution in [1.82, 2.24) is 14.5 Å². The number of nitrogens with one attached hydrogen (secondary N) is 1. The molecule has 2 aromatic carbocycles. The largest absolute Gasteiger partial charge is 0.354 e. The number of hydrogen-bond donors (Lipinski definition) is 1. The SMILES string of the molecule is C[C@@H](C(=O)NCCc1ccccc1)N(Cc1ccccc1)C(=O)CN(C)S(C)(=O)=O. The predicted molar refractivity (Wildman–Crippen MR) is 117 cm³/mol. The highest BCUT2D eigenvalue weighted by Crippen LogP contribution is 2.11. The van der Waals surface area contributed by atoms with Gasteiger partial charge >= 0.3 is 0 Å². The maximum absolute atomic E-state index is 12.9. The van der Waals surface area contributed by atoms with Crippen LogP contribution in [0.5, 0.6) is 0 Å². The van der Waals surface area contributed by atoms with Gasteiger partial charge in [-0.3, -0.25) is 9.59 Å². The first-order valence-electron chi connectivity index (χ1n) is 9.75. The summed E-state index contributed by atoms with van der Waals surface area (Å²) in [4.78, 5) is 27.0. The Labute approximate surface area is 178 Å². The molecule has 8 heteroatoms. The number of sulfonamides is 1. The van der Waals surface area contributed by atoms with E-state index < -0.39 is 22.0 Å². The molecule has 0 aliphatic carbocycles. The molecular weight excluding hydrogens is 402 g/mol. The second kappa shape index (κ2) is 10.9. The molecule has 2 rings (SSSR count). The normalized spacial score (nSPS) is 12.4. The van der Waals surface area contributed by atoms with Crippen LogP contribution in [0.4, 0.5) is 0 Å². The molecule has 7 nitrogen and oxygen atoms in total. The third-order valence-electron chi connectivity index (χ3n) is 4.84. The summed E-state index contributed by atoms with van der Waals surface area (Å²) >= 11 is 0. The molecule has 0 unspecified atom stereocenters. The minimum Gasteiger partial charge on any atom is -0.354 e. The first-order chi connectivity index (χ1) is 14.2. The van der Waals surface area contributed by atoms with E-state index in [1.54, 1.807) is 6.92 Å². The Balaban J connectivity index is 2.07. The molecule has 0 aliphatic rings. The minimum atomic E-state index is -3.51. The van der Waals surface area contributed by atoms with Crippen LogP contribution in [0.15, 0.2) is 60.7 Å². The molecule has 0 aromatic heterocycles. The maximum Gasteiger partial charge on any atom is 0.242 e. The van der Waals surface area contributed by atoms with Gasteiger partial charge in [-0.1, -0.05) is 60.7 Å². The van der Waals surface area contributed by atoms with Gasteiger partial charge < -0.3 is 10.2 Å². The molecule has 0 heterocycles. The fraction of sp³-hybridized carbons (Fsp3) is 0.364. The summed E-state index contributed by atoms with van der Waals surface area (Å²) in [5, 5.41) is 2.87. The Morgan fingerprint density at radius 1 is 0.967 bits per heavy atom. The number of amides is 2. The lowest BCUT2D eigenvalue weighted by Crippen LogP contribution is -2.50. The van der Waals surface area contributed by atoms with E-state index >= 15 is 0 Å². The molecule has 1 N–H and O–H groups in total. The van der Waals surface area contributed by atoms with Crippen molar-refractivity contribution in [3.05, 3.63) is 71.8 Å². The number of carbonyl (C=O) groups excluding carboxylic acids is 2. The van der Waals surface area contributed by atoms with Crippen molar-refractivity contribution in [3.63, 3.8) is 0 Å². The first-order valence-corrected chi connectivity index (χ1v) is 11.6. The molecule has 0 spiro atoms. The number of likely N-dealkylation sites (N-methyl/N-ethyl adjacent to an activating group) is 1. The smallest absolute Gasteiger partial charge is 0.242 e. The third kappa shape index (κ3) is 7.27. The van der Waals surface area contributed by atoms with Crippen LogP contribution in [0, 0.1) is 0 Å². The van der Waals surface area contributed by atoms with Crippen molar-refractivity contribution >= 4 is 21.8 Å². The molecular formula is C22H29N3O4S. The van der Waals surface area contributed by atoms with Gasteiger partial charge in [0, 0.05) is 20.1 Å². The Kier molecular flexibility index (Phi) is 8.56. The quantitative estimate of drug-likeness (QED) is 0.620. The Morgan fingerprint density at radius 2 is 1.50 bits per heavy atom. The number of rotatable bonds is 10. The summed E-state index contributed by atoms with van der Waals surface area (Å²) in [6, 6.07) is 18.3. The van der Waals surface area contributed by atoms with Gasteiger partial charge in [0.2, 0.25) is 21.8 Å². The monoisotopic (exact) mass is 431 g/mol. The Morgan fingerprint density at radius 3 is 2.03 bits per heavy atom. The predicted octanol–water partition coefficient (Wildman–Crippen LogP) is 1.65. The highest BCUT2D eigenvalue weighted by atomic mass is 32.2. The zero-order chi connectivity index (χ0) is 22.1. The first kappa shape index (κ1) is 23.6. The molecule has 2 amide bonds. The van der Waals surface area contributed by atoms with Gasteiger partial charge in [-0.15, -0.1) is 0 Å². The van der Waals surface area contributed by atoms with Gasteiger partial charge in [-0.25, -0.2) is 8.42 Å². The zero-order valence-electron chi connectivity index (χ0n) is 17.6. The van der Waals surface area contributed by atoms with E-state index in [4.69, 9.17) is 0 Å². The topological polar surface area (TPSA) is 86.8 Å². The minimum absolute atomic E-state index is 0.213. The van der Waals surface area contributed by atoms with Crippen molar-refractivity contribution < 1.29 is 18.0 Å². The van der Waals surface area contributed by atoms with E-state index in [0.29, 0.717) is 13.0 Å². The van der Waals surface area contributed by atoms with Crippen LogP contribution in [-0.4, -0.2) is 61.9 Å². The van der Waals surface area contributed by atoms with Gasteiger partial charge in [-0.2, -0.15) is 4.31 Å². The molecule has 0 bridgehead atoms. The fourth-order valence-electron chi connectivity index (χ4n) is 2.88. The van der Waals surface area contributed by atoms with Crippen LogP contribution >= 0.6 is 0 Å². The second-order valence-corrected chi connectivity index (χ2v) is 9.32. The van der Waals surface area contributed by atoms with E-state index in [9.17, 15) is 18.0 Å². The van der Waals surface area contributed by atoms with E-state index in [-0.39, 0.29) is 19.0 Å². The molecule has 30 heavy (non-hydrogen) atoms. The van der Waals surface area contributed by atoms with Gasteiger partial charge in [-0.05, 0) is 24.5 Å². The summed E-state index contributed by atoms with van der Waals surface area (Å²) in [6.45, 7) is 1.99. The molecule has 0 saturated heterocycles. The lowest BCUT2D eigenvalue weighted by Gasteiger charge is -2.30. The van der Waals surface area contributed by atoms with Crippen molar-refractivity contribution in [2.75, 3.05) is 26.4 Å². The van der Waals surface area contributed by atoms with Crippen LogP contribution in [0.3, 0.4) is 0 Å². The van der Waals surface area contributed by atoms with Crippen molar-refractivity contribution in [1.29, 1.82) is 0 Å². The van der Waals surface area contributed by atoms with E-state index in [1.165, 1.54) is 11.9 Å². The molecule has 1 atom stereocenters. The van der Waals surface area contributed by atoms with Gasteiger partial charge in [0.1, 0.15) is 6.04 Å². The van der Waals surface area contributed by atoms with Crippen molar-refractivity contribution in [2.24, 2.45) is 0 Å².